The highest BCUT2D eigenvalue weighted by Crippen LogP contribution is 2.36. The Kier molecular flexibility index (Phi) is 8.53. The van der Waals surface area contributed by atoms with Crippen LogP contribution >= 0.6 is 0 Å². The zero-order valence-corrected chi connectivity index (χ0v) is 23.9. The number of likely N-dealkylation sites (tertiary alicyclic amines) is 1. The largest absolute Gasteiger partial charge is 0.493 e. The highest BCUT2D eigenvalue weighted by molar-refractivity contribution is 5.99. The topological polar surface area (TPSA) is 124 Å². The molecule has 4 aromatic rings. The number of methoxy groups -OCH3 is 1. The lowest BCUT2D eigenvalue weighted by atomic mass is 9.93. The summed E-state index contributed by atoms with van der Waals surface area (Å²) < 4.78 is 23.1. The average Bonchev–Trinajstić information content (AvgIpc) is 3.63. The van der Waals surface area contributed by atoms with Gasteiger partial charge in [0.05, 0.1) is 24.6 Å². The minimum absolute atomic E-state index is 0.216. The molecule has 1 saturated heterocycles. The standard InChI is InChI=1S/C30H36N6O5/c1-30(2,3)26-18-27(35-41-26)34-29(37)33-20-9-7-10-21(15-20)40-28-22-16-24(38-4)25(17-23(22)31-19-32-28)39-14-8-13-36-11-5-6-12-36/h7,9-10,15-19H,5-6,8,11-14H2,1-4H3,(H2,33,34,35,37). The van der Waals surface area contributed by atoms with Crippen molar-refractivity contribution < 1.29 is 23.5 Å². The minimum Gasteiger partial charge on any atom is -0.493 e. The first-order chi connectivity index (χ1) is 19.8. The van der Waals surface area contributed by atoms with E-state index in [4.69, 9.17) is 18.7 Å². The number of fused-ring (bicyclic) bond motifs is 1. The van der Waals surface area contributed by atoms with Gasteiger partial charge in [0.15, 0.2) is 17.3 Å². The summed E-state index contributed by atoms with van der Waals surface area (Å²) in [6, 6.07) is 11.9. The van der Waals surface area contributed by atoms with Crippen molar-refractivity contribution in [1.82, 2.24) is 20.0 Å². The Morgan fingerprint density at radius 3 is 2.63 bits per heavy atom. The maximum absolute atomic E-state index is 12.6. The van der Waals surface area contributed by atoms with Gasteiger partial charge in [-0.25, -0.2) is 14.8 Å². The number of nitrogens with one attached hydrogen (secondary N) is 2. The van der Waals surface area contributed by atoms with E-state index in [1.807, 2.05) is 32.9 Å². The zero-order valence-electron chi connectivity index (χ0n) is 23.9. The summed E-state index contributed by atoms with van der Waals surface area (Å²) >= 11 is 0. The molecule has 3 heterocycles. The van der Waals surface area contributed by atoms with E-state index in [-0.39, 0.29) is 5.41 Å². The Bertz CT molecular complexity index is 1490. The highest BCUT2D eigenvalue weighted by atomic mass is 16.5. The van der Waals surface area contributed by atoms with Crippen LogP contribution in [0.5, 0.6) is 23.1 Å². The van der Waals surface area contributed by atoms with E-state index in [0.717, 1.165) is 13.0 Å². The monoisotopic (exact) mass is 560 g/mol. The molecule has 0 unspecified atom stereocenters. The lowest BCUT2D eigenvalue weighted by molar-refractivity contribution is 0.254. The van der Waals surface area contributed by atoms with Gasteiger partial charge in [-0.05, 0) is 50.6 Å². The van der Waals surface area contributed by atoms with Crippen LogP contribution in [0.2, 0.25) is 0 Å². The van der Waals surface area contributed by atoms with E-state index < -0.39 is 6.03 Å². The quantitative estimate of drug-likeness (QED) is 0.217. The Morgan fingerprint density at radius 1 is 1.05 bits per heavy atom. The first kappa shape index (κ1) is 28.2. The second-order valence-electron chi connectivity index (χ2n) is 11.0. The van der Waals surface area contributed by atoms with Crippen molar-refractivity contribution in [3.05, 3.63) is 54.6 Å². The van der Waals surface area contributed by atoms with Gasteiger partial charge in [0.25, 0.3) is 0 Å². The van der Waals surface area contributed by atoms with Gasteiger partial charge in [-0.3, -0.25) is 5.32 Å². The molecule has 1 aliphatic rings. The molecule has 2 aromatic heterocycles. The highest BCUT2D eigenvalue weighted by Gasteiger charge is 2.20. The molecule has 11 heteroatoms. The van der Waals surface area contributed by atoms with Gasteiger partial charge in [0.1, 0.15) is 17.8 Å². The van der Waals surface area contributed by atoms with Crippen molar-refractivity contribution in [3.8, 4) is 23.1 Å². The first-order valence-electron chi connectivity index (χ1n) is 13.8. The molecule has 0 saturated carbocycles. The van der Waals surface area contributed by atoms with Crippen molar-refractivity contribution in [1.29, 1.82) is 0 Å². The van der Waals surface area contributed by atoms with Gasteiger partial charge in [-0.1, -0.05) is 32.0 Å². The van der Waals surface area contributed by atoms with E-state index in [9.17, 15) is 4.79 Å². The SMILES string of the molecule is COc1cc2c(Oc3cccc(NC(=O)Nc4cc(C(C)(C)C)on4)c3)ncnc2cc1OCCCN1CCCC1. The maximum Gasteiger partial charge on any atom is 0.324 e. The van der Waals surface area contributed by atoms with Gasteiger partial charge < -0.3 is 29.0 Å². The van der Waals surface area contributed by atoms with E-state index >= 15 is 0 Å². The fourth-order valence-electron chi connectivity index (χ4n) is 4.59. The number of ether oxygens (including phenoxy) is 3. The third kappa shape index (κ3) is 7.23. The summed E-state index contributed by atoms with van der Waals surface area (Å²) in [7, 11) is 1.60. The van der Waals surface area contributed by atoms with Crippen LogP contribution in [-0.2, 0) is 5.41 Å². The first-order valence-corrected chi connectivity index (χ1v) is 13.8. The van der Waals surface area contributed by atoms with E-state index in [1.165, 1.54) is 32.3 Å². The van der Waals surface area contributed by atoms with Crippen LogP contribution in [0.4, 0.5) is 16.3 Å². The van der Waals surface area contributed by atoms with Gasteiger partial charge in [-0.15, -0.1) is 0 Å². The number of anilines is 2. The molecule has 0 spiro atoms. The number of carbonyl (C=O) groups excluding carboxylic acids is 1. The lowest BCUT2D eigenvalue weighted by Gasteiger charge is -2.16. The number of hydrogen-bond acceptors (Lipinski definition) is 9. The molecule has 0 radical (unpaired) electrons. The van der Waals surface area contributed by atoms with Gasteiger partial charge >= 0.3 is 6.03 Å². The molecule has 216 valence electrons. The van der Waals surface area contributed by atoms with Crippen molar-refractivity contribution in [2.75, 3.05) is 44.0 Å². The van der Waals surface area contributed by atoms with Crippen LogP contribution in [0.3, 0.4) is 0 Å². The second kappa shape index (κ2) is 12.4. The minimum atomic E-state index is -0.457. The molecular formula is C30H36N6O5. The average molecular weight is 561 g/mol. The van der Waals surface area contributed by atoms with Gasteiger partial charge in [0.2, 0.25) is 5.88 Å². The fraction of sp³-hybridized carbons (Fsp3) is 0.400. The normalized spacial score (nSPS) is 13.8. The van der Waals surface area contributed by atoms with E-state index in [0.29, 0.717) is 57.9 Å². The third-order valence-electron chi connectivity index (χ3n) is 6.76. The molecule has 1 fully saturated rings. The number of urea groups is 1. The number of benzene rings is 2. The predicted octanol–water partition coefficient (Wildman–Crippen LogP) is 6.22. The Labute approximate surface area is 239 Å². The number of carbonyl (C=O) groups is 1. The summed E-state index contributed by atoms with van der Waals surface area (Å²) in [5, 5.41) is 10.1. The number of nitrogens with zero attached hydrogens (tertiary/aromatic N) is 4. The Morgan fingerprint density at radius 2 is 1.88 bits per heavy atom. The van der Waals surface area contributed by atoms with Crippen molar-refractivity contribution in [2.24, 2.45) is 0 Å². The Hall–Kier alpha value is -4.38. The molecule has 2 N–H and O–H groups in total. The third-order valence-corrected chi connectivity index (χ3v) is 6.76. The fourth-order valence-corrected chi connectivity index (χ4v) is 4.59. The number of hydrogen-bond donors (Lipinski definition) is 2. The summed E-state index contributed by atoms with van der Waals surface area (Å²) in [6.07, 6.45) is 4.95. The molecular weight excluding hydrogens is 524 g/mol. The molecule has 2 aromatic carbocycles. The van der Waals surface area contributed by atoms with Crippen molar-refractivity contribution in [3.63, 3.8) is 0 Å². The van der Waals surface area contributed by atoms with Crippen molar-refractivity contribution >= 4 is 28.4 Å². The number of rotatable bonds is 10. The van der Waals surface area contributed by atoms with Crippen LogP contribution in [0.25, 0.3) is 10.9 Å². The molecule has 2 amide bonds. The molecule has 11 nitrogen and oxygen atoms in total. The van der Waals surface area contributed by atoms with Gasteiger partial charge in [0, 0.05) is 35.8 Å². The molecule has 0 aliphatic carbocycles. The van der Waals surface area contributed by atoms with Crippen LogP contribution in [0, 0.1) is 0 Å². The summed E-state index contributed by atoms with van der Waals surface area (Å²) in [4.78, 5) is 23.8. The van der Waals surface area contributed by atoms with Gasteiger partial charge in [-0.2, -0.15) is 0 Å². The maximum atomic E-state index is 12.6. The summed E-state index contributed by atoms with van der Waals surface area (Å²) in [6.45, 7) is 9.98. The molecule has 41 heavy (non-hydrogen) atoms. The lowest BCUT2D eigenvalue weighted by Crippen LogP contribution is -2.21. The Balaban J connectivity index is 1.24. The predicted molar refractivity (Wildman–Crippen MR) is 156 cm³/mol. The molecule has 0 atom stereocenters. The van der Waals surface area contributed by atoms with Crippen LogP contribution in [-0.4, -0.2) is 59.4 Å². The molecule has 5 rings (SSSR count). The number of aromatic nitrogens is 3. The van der Waals surface area contributed by atoms with Crippen LogP contribution in [0.15, 0.2) is 53.3 Å². The molecule has 0 bridgehead atoms. The summed E-state index contributed by atoms with van der Waals surface area (Å²) in [5.41, 5.74) is 0.979. The number of amides is 2. The zero-order chi connectivity index (χ0) is 28.8. The van der Waals surface area contributed by atoms with E-state index in [1.54, 1.807) is 37.4 Å². The van der Waals surface area contributed by atoms with Crippen molar-refractivity contribution in [2.45, 2.75) is 45.4 Å². The summed E-state index contributed by atoms with van der Waals surface area (Å²) in [5.74, 6) is 3.05. The smallest absolute Gasteiger partial charge is 0.324 e. The second-order valence-corrected chi connectivity index (χ2v) is 11.0. The van der Waals surface area contributed by atoms with E-state index in [2.05, 4.69) is 30.7 Å². The molecule has 1 aliphatic heterocycles. The van der Waals surface area contributed by atoms with Crippen LogP contribution < -0.4 is 24.8 Å². The van der Waals surface area contributed by atoms with Crippen LogP contribution in [0.1, 0.15) is 45.8 Å².